The van der Waals surface area contributed by atoms with Gasteiger partial charge in [0.2, 0.25) is 0 Å². The minimum Gasteiger partial charge on any atom is -0.309 e. The number of benzene rings is 8. The van der Waals surface area contributed by atoms with E-state index in [1.54, 1.807) is 11.8 Å². The number of aromatic nitrogens is 3. The lowest BCUT2D eigenvalue weighted by atomic mass is 10.1. The number of nitriles is 1. The lowest BCUT2D eigenvalue weighted by molar-refractivity contribution is 1.09. The van der Waals surface area contributed by atoms with E-state index in [2.05, 4.69) is 191 Å². The molecule has 0 fully saturated rings. The third-order valence-corrected chi connectivity index (χ3v) is 11.7. The second-order valence-corrected chi connectivity index (χ2v) is 15.6. The molecule has 0 aliphatic rings. The van der Waals surface area contributed by atoms with E-state index in [1.807, 2.05) is 24.3 Å². The molecule has 0 atom stereocenters. The fourth-order valence-corrected chi connectivity index (χ4v) is 9.14. The first-order chi connectivity index (χ1) is 28.1. The quantitative estimate of drug-likeness (QED) is 0.176. The zero-order valence-corrected chi connectivity index (χ0v) is 32.5. The summed E-state index contributed by atoms with van der Waals surface area (Å²) in [6.45, 7) is 4.25. The first kappa shape index (κ1) is 34.5. The van der Waals surface area contributed by atoms with Gasteiger partial charge in [0.05, 0.1) is 44.7 Å². The standard InChI is InChI=1S/C49H30N4S.C3H8/c50-31-32-19-23-36(24-20-32)54-37-25-21-35(22-26-37)53-48-27-40-38-15-7-9-17-44(38)51(33-11-3-1-4-12-33)46(40)29-42(48)43-30-47-41(28-49(43)53)39-16-8-10-18-45(39)52(47)34-13-5-2-6-14-34;1-3-2/h1-30H;3H2,1-2H3. The summed E-state index contributed by atoms with van der Waals surface area (Å²) >= 11 is 1.70. The molecule has 3 aromatic heterocycles. The van der Waals surface area contributed by atoms with Crippen LogP contribution in [0.15, 0.2) is 192 Å². The van der Waals surface area contributed by atoms with Crippen LogP contribution >= 0.6 is 11.8 Å². The lowest BCUT2D eigenvalue weighted by Gasteiger charge is -2.10. The molecule has 272 valence electrons. The van der Waals surface area contributed by atoms with Gasteiger partial charge >= 0.3 is 0 Å². The van der Waals surface area contributed by atoms with Crippen molar-refractivity contribution in [1.82, 2.24) is 13.7 Å². The maximum atomic E-state index is 9.26. The van der Waals surface area contributed by atoms with Gasteiger partial charge in [-0.2, -0.15) is 5.26 Å². The molecule has 0 saturated carbocycles. The van der Waals surface area contributed by atoms with E-state index >= 15 is 0 Å². The van der Waals surface area contributed by atoms with Crippen molar-refractivity contribution >= 4 is 77.2 Å². The molecule has 57 heavy (non-hydrogen) atoms. The van der Waals surface area contributed by atoms with Crippen LogP contribution in [0.2, 0.25) is 0 Å². The van der Waals surface area contributed by atoms with Gasteiger partial charge in [-0.05, 0) is 109 Å². The molecule has 0 bridgehead atoms. The molecule has 0 amide bonds. The molecule has 11 aromatic rings. The van der Waals surface area contributed by atoms with Crippen LogP contribution in [0.1, 0.15) is 25.8 Å². The smallest absolute Gasteiger partial charge is 0.0991 e. The summed E-state index contributed by atoms with van der Waals surface area (Å²) in [4.78, 5) is 2.25. The van der Waals surface area contributed by atoms with Crippen LogP contribution in [-0.4, -0.2) is 13.7 Å². The zero-order chi connectivity index (χ0) is 38.5. The maximum Gasteiger partial charge on any atom is 0.0991 e. The summed E-state index contributed by atoms with van der Waals surface area (Å²) in [7, 11) is 0. The Morgan fingerprint density at radius 3 is 1.14 bits per heavy atom. The van der Waals surface area contributed by atoms with Gasteiger partial charge in [0.25, 0.3) is 0 Å². The molecule has 0 aliphatic heterocycles. The molecule has 0 saturated heterocycles. The second-order valence-electron chi connectivity index (χ2n) is 14.4. The van der Waals surface area contributed by atoms with E-state index in [0.29, 0.717) is 5.56 Å². The number of fused-ring (bicyclic) bond motifs is 9. The molecule has 3 heterocycles. The van der Waals surface area contributed by atoms with Crippen molar-refractivity contribution in [3.8, 4) is 23.1 Å². The Morgan fingerprint density at radius 2 is 0.719 bits per heavy atom. The van der Waals surface area contributed by atoms with Crippen molar-refractivity contribution in [2.45, 2.75) is 30.1 Å². The Labute approximate surface area is 335 Å². The topological polar surface area (TPSA) is 38.6 Å². The van der Waals surface area contributed by atoms with Crippen LogP contribution in [-0.2, 0) is 0 Å². The SMILES string of the molecule is CCC.N#Cc1ccc(Sc2ccc(-n3c4cc5c6ccccc6n(-c6ccccc6)c5cc4c4cc5c(cc43)c3ccccc3n5-c3ccccc3)cc2)cc1. The average molecular weight is 751 g/mol. The highest BCUT2D eigenvalue weighted by atomic mass is 32.2. The van der Waals surface area contributed by atoms with Crippen LogP contribution in [0.5, 0.6) is 0 Å². The summed E-state index contributed by atoms with van der Waals surface area (Å²) in [5, 5.41) is 16.6. The van der Waals surface area contributed by atoms with Gasteiger partial charge in [0.1, 0.15) is 0 Å². The molecule has 8 aromatic carbocycles. The van der Waals surface area contributed by atoms with Crippen LogP contribution in [0, 0.1) is 11.3 Å². The van der Waals surface area contributed by atoms with Crippen molar-refractivity contribution in [3.63, 3.8) is 0 Å². The summed E-state index contributed by atoms with van der Waals surface area (Å²) in [5.41, 5.74) is 11.2. The summed E-state index contributed by atoms with van der Waals surface area (Å²) in [5.74, 6) is 0. The predicted molar refractivity (Wildman–Crippen MR) is 241 cm³/mol. The molecule has 0 unspecified atom stereocenters. The van der Waals surface area contributed by atoms with E-state index in [9.17, 15) is 5.26 Å². The van der Waals surface area contributed by atoms with Gasteiger partial charge in [-0.15, -0.1) is 0 Å². The van der Waals surface area contributed by atoms with Crippen LogP contribution < -0.4 is 0 Å². The Hall–Kier alpha value is -7.00. The Kier molecular flexibility index (Phi) is 8.62. The second kappa shape index (κ2) is 14.3. The zero-order valence-electron chi connectivity index (χ0n) is 31.7. The fourth-order valence-electron chi connectivity index (χ4n) is 8.32. The van der Waals surface area contributed by atoms with Crippen LogP contribution in [0.25, 0.3) is 82.5 Å². The van der Waals surface area contributed by atoms with Crippen molar-refractivity contribution in [1.29, 1.82) is 5.26 Å². The minimum absolute atomic E-state index is 0.669. The Bertz CT molecular complexity index is 3120. The van der Waals surface area contributed by atoms with Gasteiger partial charge in [0, 0.05) is 59.2 Å². The first-order valence-electron chi connectivity index (χ1n) is 19.5. The predicted octanol–water partition coefficient (Wildman–Crippen LogP) is 14.4. The highest BCUT2D eigenvalue weighted by Crippen LogP contribution is 2.43. The molecular formula is C52H38N4S. The van der Waals surface area contributed by atoms with Crippen molar-refractivity contribution < 1.29 is 0 Å². The number of rotatable bonds is 5. The number of hydrogen-bond donors (Lipinski definition) is 0. The third kappa shape index (κ3) is 5.77. The van der Waals surface area contributed by atoms with Crippen molar-refractivity contribution in [3.05, 3.63) is 188 Å². The van der Waals surface area contributed by atoms with Gasteiger partial charge < -0.3 is 13.7 Å². The molecule has 0 N–H and O–H groups in total. The largest absolute Gasteiger partial charge is 0.309 e. The normalized spacial score (nSPS) is 11.5. The Morgan fingerprint density at radius 1 is 0.386 bits per heavy atom. The monoisotopic (exact) mass is 750 g/mol. The summed E-state index contributed by atoms with van der Waals surface area (Å²) in [6.07, 6.45) is 1.25. The number of para-hydroxylation sites is 4. The van der Waals surface area contributed by atoms with Crippen molar-refractivity contribution in [2.75, 3.05) is 0 Å². The van der Waals surface area contributed by atoms with Gasteiger partial charge in [0.15, 0.2) is 0 Å². The van der Waals surface area contributed by atoms with E-state index < -0.39 is 0 Å². The molecular weight excluding hydrogens is 713 g/mol. The Balaban J connectivity index is 0.00000128. The van der Waals surface area contributed by atoms with Crippen LogP contribution in [0.4, 0.5) is 0 Å². The highest BCUT2D eigenvalue weighted by Gasteiger charge is 2.21. The van der Waals surface area contributed by atoms with E-state index in [1.165, 1.54) is 71.8 Å². The summed E-state index contributed by atoms with van der Waals surface area (Å²) < 4.78 is 7.26. The number of hydrogen-bond acceptors (Lipinski definition) is 2. The van der Waals surface area contributed by atoms with E-state index in [0.717, 1.165) is 26.9 Å². The molecule has 0 radical (unpaired) electrons. The van der Waals surface area contributed by atoms with Crippen LogP contribution in [0.3, 0.4) is 0 Å². The maximum absolute atomic E-state index is 9.26. The minimum atomic E-state index is 0.669. The van der Waals surface area contributed by atoms with Gasteiger partial charge in [-0.3, -0.25) is 0 Å². The fraction of sp³-hybridized carbons (Fsp3) is 0.0577. The average Bonchev–Trinajstić information content (AvgIpc) is 3.88. The number of nitrogens with zero attached hydrogens (tertiary/aromatic N) is 4. The molecule has 0 spiro atoms. The van der Waals surface area contributed by atoms with E-state index in [4.69, 9.17) is 0 Å². The van der Waals surface area contributed by atoms with Gasteiger partial charge in [-0.25, -0.2) is 0 Å². The highest BCUT2D eigenvalue weighted by molar-refractivity contribution is 7.99. The van der Waals surface area contributed by atoms with Crippen molar-refractivity contribution in [2.24, 2.45) is 0 Å². The summed E-state index contributed by atoms with van der Waals surface area (Å²) in [6, 6.07) is 67.4. The van der Waals surface area contributed by atoms with E-state index in [-0.39, 0.29) is 0 Å². The molecule has 5 heteroatoms. The lowest BCUT2D eigenvalue weighted by Crippen LogP contribution is -1.95. The molecule has 11 rings (SSSR count). The molecule has 0 aliphatic carbocycles. The van der Waals surface area contributed by atoms with Gasteiger partial charge in [-0.1, -0.05) is 105 Å². The third-order valence-electron chi connectivity index (χ3n) is 10.7. The molecule has 4 nitrogen and oxygen atoms in total. The first-order valence-corrected chi connectivity index (χ1v) is 20.3.